The van der Waals surface area contributed by atoms with E-state index in [1.54, 1.807) is 19.1 Å². The van der Waals surface area contributed by atoms with Gasteiger partial charge in [-0.15, -0.1) is 0 Å². The molecule has 0 bridgehead atoms. The van der Waals surface area contributed by atoms with Gasteiger partial charge in [-0.05, 0) is 62.4 Å². The fraction of sp³-hybridized carbons (Fsp3) is 0.280. The van der Waals surface area contributed by atoms with Crippen molar-refractivity contribution in [1.82, 2.24) is 15.1 Å². The minimum atomic E-state index is -4.81. The zero-order valence-corrected chi connectivity index (χ0v) is 20.1. The van der Waals surface area contributed by atoms with Gasteiger partial charge in [0.15, 0.2) is 5.69 Å². The Bertz CT molecular complexity index is 1350. The molecule has 1 aliphatic rings. The molecule has 1 saturated carbocycles. The van der Waals surface area contributed by atoms with E-state index in [0.717, 1.165) is 17.5 Å². The number of carbonyl (C=O) groups is 3. The van der Waals surface area contributed by atoms with Crippen LogP contribution in [0.25, 0.3) is 5.69 Å². The Morgan fingerprint density at radius 1 is 1.17 bits per heavy atom. The Hall–Kier alpha value is -3.66. The molecule has 36 heavy (non-hydrogen) atoms. The first-order chi connectivity index (χ1) is 17.0. The van der Waals surface area contributed by atoms with Crippen LogP contribution in [0.1, 0.15) is 62.2 Å². The van der Waals surface area contributed by atoms with Gasteiger partial charge in [0.25, 0.3) is 11.8 Å². The first-order valence-electron chi connectivity index (χ1n) is 11.1. The van der Waals surface area contributed by atoms with E-state index in [1.807, 2.05) is 6.92 Å². The normalized spacial score (nSPS) is 14.3. The van der Waals surface area contributed by atoms with Gasteiger partial charge in [-0.25, -0.2) is 4.68 Å². The number of alkyl halides is 3. The Morgan fingerprint density at radius 3 is 2.47 bits per heavy atom. The van der Waals surface area contributed by atoms with E-state index in [1.165, 1.54) is 24.3 Å². The van der Waals surface area contributed by atoms with Crippen LogP contribution in [-0.2, 0) is 6.18 Å². The minimum absolute atomic E-state index is 0.0257. The molecule has 3 aromatic rings. The smallest absolute Gasteiger partial charge is 0.349 e. The minimum Gasteiger partial charge on any atom is -0.349 e. The van der Waals surface area contributed by atoms with Crippen molar-refractivity contribution >= 4 is 35.4 Å². The summed E-state index contributed by atoms with van der Waals surface area (Å²) in [6, 6.07) is 9.32. The van der Waals surface area contributed by atoms with Crippen LogP contribution in [0.2, 0.25) is 5.02 Å². The fourth-order valence-corrected chi connectivity index (χ4v) is 4.11. The van der Waals surface area contributed by atoms with E-state index in [0.29, 0.717) is 23.8 Å². The average molecular weight is 519 g/mol. The van der Waals surface area contributed by atoms with Crippen molar-refractivity contribution in [2.75, 3.05) is 5.32 Å². The molecule has 1 aliphatic carbocycles. The Labute approximate surface area is 209 Å². The van der Waals surface area contributed by atoms with Crippen molar-refractivity contribution in [3.63, 3.8) is 0 Å². The van der Waals surface area contributed by atoms with Crippen molar-refractivity contribution in [1.29, 1.82) is 0 Å². The van der Waals surface area contributed by atoms with E-state index in [9.17, 15) is 27.6 Å². The predicted octanol–water partition coefficient (Wildman–Crippen LogP) is 5.45. The maximum Gasteiger partial charge on any atom is 0.435 e. The van der Waals surface area contributed by atoms with Gasteiger partial charge in [0.2, 0.25) is 0 Å². The zero-order valence-electron chi connectivity index (χ0n) is 19.3. The zero-order chi connectivity index (χ0) is 26.2. The van der Waals surface area contributed by atoms with Crippen LogP contribution in [0.5, 0.6) is 0 Å². The van der Waals surface area contributed by atoms with Crippen LogP contribution in [0.4, 0.5) is 18.9 Å². The number of nitrogens with one attached hydrogen (secondary N) is 2. The number of aldehydes is 1. The molecular weight excluding hydrogens is 497 g/mol. The van der Waals surface area contributed by atoms with Crippen LogP contribution in [-0.4, -0.2) is 33.9 Å². The molecule has 2 N–H and O–H groups in total. The Morgan fingerprint density at radius 2 is 1.86 bits per heavy atom. The highest BCUT2D eigenvalue weighted by Crippen LogP contribution is 2.34. The summed E-state index contributed by atoms with van der Waals surface area (Å²) in [7, 11) is 0. The Kier molecular flexibility index (Phi) is 6.90. The number of rotatable bonds is 7. The number of nitrogens with zero attached hydrogens (tertiary/aromatic N) is 2. The lowest BCUT2D eigenvalue weighted by molar-refractivity contribution is -0.141. The molecule has 7 nitrogen and oxygen atoms in total. The third-order valence-corrected chi connectivity index (χ3v) is 6.30. The van der Waals surface area contributed by atoms with Crippen LogP contribution < -0.4 is 10.6 Å². The van der Waals surface area contributed by atoms with Crippen LogP contribution >= 0.6 is 11.6 Å². The predicted molar refractivity (Wildman–Crippen MR) is 128 cm³/mol. The van der Waals surface area contributed by atoms with Gasteiger partial charge in [-0.2, -0.15) is 18.3 Å². The summed E-state index contributed by atoms with van der Waals surface area (Å²) in [5.74, 6) is -1.09. The molecule has 2 aromatic carbocycles. The lowest BCUT2D eigenvalue weighted by Gasteiger charge is -2.18. The number of aryl methyl sites for hydroxylation is 1. The molecule has 1 fully saturated rings. The number of amides is 2. The summed E-state index contributed by atoms with van der Waals surface area (Å²) < 4.78 is 41.2. The lowest BCUT2D eigenvalue weighted by Crippen LogP contribution is -2.35. The van der Waals surface area contributed by atoms with Gasteiger partial charge in [0.05, 0.1) is 22.0 Å². The van der Waals surface area contributed by atoms with Gasteiger partial charge < -0.3 is 10.6 Å². The molecule has 188 valence electrons. The highest BCUT2D eigenvalue weighted by atomic mass is 35.5. The third kappa shape index (κ3) is 5.28. The second-order valence-corrected chi connectivity index (χ2v) is 9.11. The van der Waals surface area contributed by atoms with E-state index >= 15 is 0 Å². The number of aromatic nitrogens is 2. The second kappa shape index (κ2) is 9.77. The average Bonchev–Trinajstić information content (AvgIpc) is 3.57. The molecular formula is C25H22ClF3N4O3. The van der Waals surface area contributed by atoms with E-state index in [2.05, 4.69) is 15.7 Å². The second-order valence-electron chi connectivity index (χ2n) is 8.71. The van der Waals surface area contributed by atoms with Gasteiger partial charge in [0.1, 0.15) is 12.0 Å². The van der Waals surface area contributed by atoms with Gasteiger partial charge in [-0.3, -0.25) is 14.4 Å². The maximum atomic E-state index is 13.5. The van der Waals surface area contributed by atoms with E-state index < -0.39 is 29.4 Å². The first kappa shape index (κ1) is 25.4. The van der Waals surface area contributed by atoms with Crippen molar-refractivity contribution < 1.29 is 27.6 Å². The van der Waals surface area contributed by atoms with Crippen molar-refractivity contribution in [3.8, 4) is 5.69 Å². The van der Waals surface area contributed by atoms with Crippen molar-refractivity contribution in [3.05, 3.63) is 75.6 Å². The molecule has 1 atom stereocenters. The molecule has 2 amide bonds. The van der Waals surface area contributed by atoms with Gasteiger partial charge in [0, 0.05) is 17.7 Å². The number of para-hydroxylation sites is 1. The van der Waals surface area contributed by atoms with Crippen molar-refractivity contribution in [2.45, 2.75) is 38.9 Å². The molecule has 1 heterocycles. The SMILES string of the molecule is Cc1cc(C=O)cc(C(=O)NC(C)C2CC2)c1NC(=O)c1cc(C(F)(F)F)nn1-c1ccccc1Cl. The van der Waals surface area contributed by atoms with Crippen molar-refractivity contribution in [2.24, 2.45) is 5.92 Å². The van der Waals surface area contributed by atoms with Crippen LogP contribution in [0, 0.1) is 12.8 Å². The van der Waals surface area contributed by atoms with Gasteiger partial charge in [-0.1, -0.05) is 23.7 Å². The molecule has 0 saturated heterocycles. The molecule has 0 radical (unpaired) electrons. The molecule has 4 rings (SSSR count). The summed E-state index contributed by atoms with van der Waals surface area (Å²) in [5.41, 5.74) is -0.940. The molecule has 11 heteroatoms. The lowest BCUT2D eigenvalue weighted by atomic mass is 10.0. The largest absolute Gasteiger partial charge is 0.435 e. The summed E-state index contributed by atoms with van der Waals surface area (Å²) in [5, 5.41) is 9.08. The fourth-order valence-electron chi connectivity index (χ4n) is 3.89. The number of carbonyl (C=O) groups excluding carboxylic acids is 3. The summed E-state index contributed by atoms with van der Waals surface area (Å²) in [6.45, 7) is 3.45. The molecule has 1 unspecified atom stereocenters. The molecule has 0 spiro atoms. The number of hydrogen-bond donors (Lipinski definition) is 2. The number of anilines is 1. The standard InChI is InChI=1S/C25H22ClF3N4O3/c1-13-9-15(12-34)10-17(23(35)30-14(2)16-7-8-16)22(13)31-24(36)20-11-21(25(27,28)29)32-33(20)19-6-4-3-5-18(19)26/h3-6,9-12,14,16H,7-8H2,1-2H3,(H,30,35)(H,31,36). The maximum absolute atomic E-state index is 13.5. The Balaban J connectivity index is 1.75. The number of benzene rings is 2. The number of hydrogen-bond acceptors (Lipinski definition) is 4. The van der Waals surface area contributed by atoms with E-state index in [-0.39, 0.29) is 33.6 Å². The van der Waals surface area contributed by atoms with Crippen LogP contribution in [0.3, 0.4) is 0 Å². The quantitative estimate of drug-likeness (QED) is 0.407. The molecule has 1 aromatic heterocycles. The molecule has 0 aliphatic heterocycles. The third-order valence-electron chi connectivity index (χ3n) is 5.98. The monoisotopic (exact) mass is 518 g/mol. The van der Waals surface area contributed by atoms with Gasteiger partial charge >= 0.3 is 6.18 Å². The highest BCUT2D eigenvalue weighted by Gasteiger charge is 2.37. The summed E-state index contributed by atoms with van der Waals surface area (Å²) in [4.78, 5) is 37.8. The topological polar surface area (TPSA) is 93.1 Å². The van der Waals surface area contributed by atoms with E-state index in [4.69, 9.17) is 11.6 Å². The van der Waals surface area contributed by atoms with Crippen LogP contribution in [0.15, 0.2) is 42.5 Å². The highest BCUT2D eigenvalue weighted by molar-refractivity contribution is 6.32. The summed E-state index contributed by atoms with van der Waals surface area (Å²) >= 11 is 6.16. The first-order valence-corrected chi connectivity index (χ1v) is 11.5. The number of halogens is 4. The summed E-state index contributed by atoms with van der Waals surface area (Å²) in [6.07, 6.45) is -2.26.